The molecule has 0 spiro atoms. The van der Waals surface area contributed by atoms with Crippen molar-refractivity contribution in [3.8, 4) is 0 Å². The van der Waals surface area contributed by atoms with Crippen LogP contribution in [-0.2, 0) is 6.54 Å². The zero-order chi connectivity index (χ0) is 10.8. The molecule has 1 atom stereocenters. The Balaban J connectivity index is 1.93. The SMILES string of the molecule is CC(C)c1ccc(CN2CC[C@@H](C)C2)s1. The van der Waals surface area contributed by atoms with Crippen molar-refractivity contribution in [2.75, 3.05) is 13.1 Å². The van der Waals surface area contributed by atoms with Gasteiger partial charge in [0.25, 0.3) is 0 Å². The van der Waals surface area contributed by atoms with Gasteiger partial charge in [-0.1, -0.05) is 20.8 Å². The quantitative estimate of drug-likeness (QED) is 0.755. The van der Waals surface area contributed by atoms with Gasteiger partial charge in [-0.2, -0.15) is 0 Å². The summed E-state index contributed by atoms with van der Waals surface area (Å²) in [4.78, 5) is 5.64. The maximum atomic E-state index is 2.58. The summed E-state index contributed by atoms with van der Waals surface area (Å²) in [5.74, 6) is 1.58. The topological polar surface area (TPSA) is 3.24 Å². The molecule has 15 heavy (non-hydrogen) atoms. The molecule has 0 bridgehead atoms. The molecule has 2 heteroatoms. The van der Waals surface area contributed by atoms with Crippen LogP contribution in [0.15, 0.2) is 12.1 Å². The second-order valence-electron chi connectivity index (χ2n) is 5.09. The Morgan fingerprint density at radius 2 is 2.27 bits per heavy atom. The molecule has 2 heterocycles. The molecule has 0 radical (unpaired) electrons. The van der Waals surface area contributed by atoms with E-state index in [0.29, 0.717) is 5.92 Å². The van der Waals surface area contributed by atoms with E-state index in [2.05, 4.69) is 37.8 Å². The third-order valence-corrected chi connectivity index (χ3v) is 4.51. The first-order chi connectivity index (χ1) is 7.15. The van der Waals surface area contributed by atoms with Crippen molar-refractivity contribution in [2.45, 2.75) is 39.7 Å². The monoisotopic (exact) mass is 223 g/mol. The smallest absolute Gasteiger partial charge is 0.0328 e. The molecule has 0 aromatic carbocycles. The molecule has 1 aromatic rings. The van der Waals surface area contributed by atoms with Crippen LogP contribution in [0.2, 0.25) is 0 Å². The van der Waals surface area contributed by atoms with Crippen LogP contribution in [0, 0.1) is 5.92 Å². The second-order valence-corrected chi connectivity index (χ2v) is 6.29. The minimum Gasteiger partial charge on any atom is -0.298 e. The summed E-state index contributed by atoms with van der Waals surface area (Å²) in [6.45, 7) is 10.6. The van der Waals surface area contributed by atoms with Crippen molar-refractivity contribution < 1.29 is 0 Å². The summed E-state index contributed by atoms with van der Waals surface area (Å²) in [5, 5.41) is 0. The van der Waals surface area contributed by atoms with Gasteiger partial charge in [0.05, 0.1) is 0 Å². The predicted molar refractivity (Wildman–Crippen MR) is 67.5 cm³/mol. The molecule has 1 aliphatic heterocycles. The normalized spacial score (nSPS) is 22.8. The largest absolute Gasteiger partial charge is 0.298 e. The molecule has 1 aliphatic rings. The van der Waals surface area contributed by atoms with Gasteiger partial charge in [0, 0.05) is 22.8 Å². The van der Waals surface area contributed by atoms with Crippen LogP contribution in [0.25, 0.3) is 0 Å². The average molecular weight is 223 g/mol. The van der Waals surface area contributed by atoms with Crippen molar-refractivity contribution in [1.82, 2.24) is 4.90 Å². The van der Waals surface area contributed by atoms with E-state index >= 15 is 0 Å². The maximum Gasteiger partial charge on any atom is 0.0328 e. The predicted octanol–water partition coefficient (Wildman–Crippen LogP) is 3.71. The number of hydrogen-bond acceptors (Lipinski definition) is 2. The molecule has 0 amide bonds. The molecule has 84 valence electrons. The molecular weight excluding hydrogens is 202 g/mol. The number of rotatable bonds is 3. The van der Waals surface area contributed by atoms with Crippen LogP contribution in [0.3, 0.4) is 0 Å². The molecule has 1 fully saturated rings. The van der Waals surface area contributed by atoms with Crippen LogP contribution in [0.4, 0.5) is 0 Å². The van der Waals surface area contributed by atoms with Gasteiger partial charge in [-0.25, -0.2) is 0 Å². The fourth-order valence-electron chi connectivity index (χ4n) is 2.18. The fraction of sp³-hybridized carbons (Fsp3) is 0.692. The molecule has 0 saturated carbocycles. The van der Waals surface area contributed by atoms with Gasteiger partial charge in [-0.3, -0.25) is 4.90 Å². The Kier molecular flexibility index (Phi) is 3.47. The van der Waals surface area contributed by atoms with Gasteiger partial charge >= 0.3 is 0 Å². The van der Waals surface area contributed by atoms with Crippen molar-refractivity contribution in [3.05, 3.63) is 21.9 Å². The van der Waals surface area contributed by atoms with Gasteiger partial charge < -0.3 is 0 Å². The summed E-state index contributed by atoms with van der Waals surface area (Å²) in [5.41, 5.74) is 0. The van der Waals surface area contributed by atoms with E-state index in [1.165, 1.54) is 35.8 Å². The zero-order valence-electron chi connectivity index (χ0n) is 9.99. The van der Waals surface area contributed by atoms with E-state index in [1.807, 2.05) is 11.3 Å². The highest BCUT2D eigenvalue weighted by Crippen LogP contribution is 2.26. The molecule has 1 saturated heterocycles. The van der Waals surface area contributed by atoms with E-state index < -0.39 is 0 Å². The fourth-order valence-corrected chi connectivity index (χ4v) is 3.24. The van der Waals surface area contributed by atoms with Crippen LogP contribution < -0.4 is 0 Å². The summed E-state index contributed by atoms with van der Waals surface area (Å²) in [6.07, 6.45) is 1.38. The van der Waals surface area contributed by atoms with Gasteiger partial charge in [-0.15, -0.1) is 11.3 Å². The van der Waals surface area contributed by atoms with Gasteiger partial charge in [-0.05, 0) is 36.9 Å². The number of thiophene rings is 1. The van der Waals surface area contributed by atoms with Gasteiger partial charge in [0.2, 0.25) is 0 Å². The molecule has 0 aliphatic carbocycles. The Morgan fingerprint density at radius 1 is 1.47 bits per heavy atom. The molecule has 2 rings (SSSR count). The van der Waals surface area contributed by atoms with E-state index in [0.717, 1.165) is 5.92 Å². The van der Waals surface area contributed by atoms with E-state index in [9.17, 15) is 0 Å². The first-order valence-corrected chi connectivity index (χ1v) is 6.77. The molecule has 1 nitrogen and oxygen atoms in total. The second kappa shape index (κ2) is 4.67. The third kappa shape index (κ3) is 2.82. The maximum absolute atomic E-state index is 2.58. The first-order valence-electron chi connectivity index (χ1n) is 5.96. The Bertz CT molecular complexity index is 316. The van der Waals surface area contributed by atoms with Crippen LogP contribution in [0.5, 0.6) is 0 Å². The molecular formula is C13H21NS. The highest BCUT2D eigenvalue weighted by atomic mass is 32.1. The Morgan fingerprint density at radius 3 is 2.80 bits per heavy atom. The highest BCUT2D eigenvalue weighted by molar-refractivity contribution is 7.12. The molecule has 0 N–H and O–H groups in total. The average Bonchev–Trinajstić information content (AvgIpc) is 2.76. The lowest BCUT2D eigenvalue weighted by Gasteiger charge is -2.13. The minimum atomic E-state index is 0.682. The van der Waals surface area contributed by atoms with Gasteiger partial charge in [0.15, 0.2) is 0 Å². The van der Waals surface area contributed by atoms with E-state index in [1.54, 1.807) is 0 Å². The standard InChI is InChI=1S/C13H21NS/c1-10(2)13-5-4-12(15-13)9-14-7-6-11(3)8-14/h4-5,10-11H,6-9H2,1-3H3/t11-/m1/s1. The lowest BCUT2D eigenvalue weighted by Crippen LogP contribution is -2.18. The molecule has 0 unspecified atom stereocenters. The number of hydrogen-bond donors (Lipinski definition) is 0. The molecule has 1 aromatic heterocycles. The summed E-state index contributed by atoms with van der Waals surface area (Å²) in [6, 6.07) is 4.60. The zero-order valence-corrected chi connectivity index (χ0v) is 10.8. The van der Waals surface area contributed by atoms with E-state index in [4.69, 9.17) is 0 Å². The van der Waals surface area contributed by atoms with Crippen molar-refractivity contribution >= 4 is 11.3 Å². The Labute approximate surface area is 97.1 Å². The van der Waals surface area contributed by atoms with Gasteiger partial charge in [0.1, 0.15) is 0 Å². The number of likely N-dealkylation sites (tertiary alicyclic amines) is 1. The highest BCUT2D eigenvalue weighted by Gasteiger charge is 2.19. The Hall–Kier alpha value is -0.340. The first kappa shape index (κ1) is 11.2. The van der Waals surface area contributed by atoms with Crippen molar-refractivity contribution in [2.24, 2.45) is 5.92 Å². The summed E-state index contributed by atoms with van der Waals surface area (Å²) < 4.78 is 0. The summed E-state index contributed by atoms with van der Waals surface area (Å²) >= 11 is 1.99. The summed E-state index contributed by atoms with van der Waals surface area (Å²) in [7, 11) is 0. The minimum absolute atomic E-state index is 0.682. The lowest BCUT2D eigenvalue weighted by atomic mass is 10.2. The number of nitrogens with zero attached hydrogens (tertiary/aromatic N) is 1. The third-order valence-electron chi connectivity index (χ3n) is 3.14. The van der Waals surface area contributed by atoms with Crippen molar-refractivity contribution in [3.63, 3.8) is 0 Å². The van der Waals surface area contributed by atoms with Crippen LogP contribution >= 0.6 is 11.3 Å². The lowest BCUT2D eigenvalue weighted by molar-refractivity contribution is 0.323. The van der Waals surface area contributed by atoms with E-state index in [-0.39, 0.29) is 0 Å². The van der Waals surface area contributed by atoms with Crippen LogP contribution in [0.1, 0.15) is 42.9 Å². The van der Waals surface area contributed by atoms with Crippen LogP contribution in [-0.4, -0.2) is 18.0 Å². The van der Waals surface area contributed by atoms with Crippen molar-refractivity contribution in [1.29, 1.82) is 0 Å².